The number of rotatable bonds is 4. The Labute approximate surface area is 92.5 Å². The first kappa shape index (κ1) is 13.9. The molecule has 16 heavy (non-hydrogen) atoms. The van der Waals surface area contributed by atoms with Gasteiger partial charge in [0.2, 0.25) is 0 Å². The lowest BCUT2D eigenvalue weighted by Gasteiger charge is -1.99. The van der Waals surface area contributed by atoms with E-state index in [2.05, 4.69) is 14.2 Å². The average molecular weight is 228 g/mol. The molecule has 0 aliphatic carbocycles. The number of hydrogen-bond donors (Lipinski definition) is 0. The molecule has 0 unspecified atom stereocenters. The molecular weight excluding hydrogens is 216 g/mol. The molecule has 0 aromatic heterocycles. The molecule has 0 saturated carbocycles. The van der Waals surface area contributed by atoms with Gasteiger partial charge in [0.1, 0.15) is 0 Å². The normalized spacial score (nSPS) is 11.1. The van der Waals surface area contributed by atoms with Gasteiger partial charge in [-0.3, -0.25) is 0 Å². The van der Waals surface area contributed by atoms with E-state index in [-0.39, 0.29) is 5.57 Å². The van der Waals surface area contributed by atoms with Crippen molar-refractivity contribution >= 4 is 17.9 Å². The van der Waals surface area contributed by atoms with Crippen LogP contribution in [0.2, 0.25) is 0 Å². The fourth-order valence-corrected chi connectivity index (χ4v) is 0.705. The van der Waals surface area contributed by atoms with Crippen LogP contribution >= 0.6 is 0 Å². The molecule has 0 saturated heterocycles. The molecule has 0 aliphatic heterocycles. The maximum atomic E-state index is 11.2. The van der Waals surface area contributed by atoms with E-state index < -0.39 is 17.9 Å². The van der Waals surface area contributed by atoms with E-state index in [1.807, 2.05) is 0 Å². The fourth-order valence-electron chi connectivity index (χ4n) is 0.705. The Kier molecular flexibility index (Phi) is 6.27. The topological polar surface area (TPSA) is 78.9 Å². The Hall–Kier alpha value is -2.11. The van der Waals surface area contributed by atoms with Crippen molar-refractivity contribution in [1.82, 2.24) is 0 Å². The number of esters is 3. The van der Waals surface area contributed by atoms with Gasteiger partial charge >= 0.3 is 17.9 Å². The summed E-state index contributed by atoms with van der Waals surface area (Å²) < 4.78 is 13.1. The highest BCUT2D eigenvalue weighted by molar-refractivity contribution is 5.99. The average Bonchev–Trinajstić information content (AvgIpc) is 2.32. The van der Waals surface area contributed by atoms with Crippen LogP contribution in [0.3, 0.4) is 0 Å². The van der Waals surface area contributed by atoms with Gasteiger partial charge in [0.15, 0.2) is 0 Å². The van der Waals surface area contributed by atoms with Crippen LogP contribution < -0.4 is 0 Å². The van der Waals surface area contributed by atoms with Crippen molar-refractivity contribution in [3.63, 3.8) is 0 Å². The largest absolute Gasteiger partial charge is 0.466 e. The standard InChI is InChI=1S/C10H12O6/c1-14-8(11)5-4-7(10(13)16-3)6-9(12)15-2/h4-6H,1-3H3/b5-4+,7-6-. The van der Waals surface area contributed by atoms with Crippen molar-refractivity contribution in [3.8, 4) is 0 Å². The summed E-state index contributed by atoms with van der Waals surface area (Å²) in [5.41, 5.74) is -0.111. The van der Waals surface area contributed by atoms with Crippen LogP contribution in [0.5, 0.6) is 0 Å². The summed E-state index contributed by atoms with van der Waals surface area (Å²) >= 11 is 0. The SMILES string of the molecule is COC(=O)/C=C(/C=C/C(=O)OC)C(=O)OC. The fraction of sp³-hybridized carbons (Fsp3) is 0.300. The molecule has 0 aliphatic rings. The number of carbonyl (C=O) groups excluding carboxylic acids is 3. The molecule has 0 bridgehead atoms. The Morgan fingerprint density at radius 1 is 0.812 bits per heavy atom. The molecule has 0 spiro atoms. The third-order valence-electron chi connectivity index (χ3n) is 1.50. The van der Waals surface area contributed by atoms with Gasteiger partial charge in [-0.2, -0.15) is 0 Å². The van der Waals surface area contributed by atoms with Gasteiger partial charge in [-0.1, -0.05) is 0 Å². The predicted molar refractivity (Wildman–Crippen MR) is 53.3 cm³/mol. The zero-order valence-electron chi connectivity index (χ0n) is 9.18. The molecule has 6 nitrogen and oxygen atoms in total. The summed E-state index contributed by atoms with van der Waals surface area (Å²) in [6.45, 7) is 0. The molecule has 0 atom stereocenters. The van der Waals surface area contributed by atoms with Gasteiger partial charge < -0.3 is 14.2 Å². The van der Waals surface area contributed by atoms with Gasteiger partial charge in [-0.15, -0.1) is 0 Å². The monoisotopic (exact) mass is 228 g/mol. The van der Waals surface area contributed by atoms with E-state index in [9.17, 15) is 14.4 Å². The van der Waals surface area contributed by atoms with Crippen molar-refractivity contribution < 1.29 is 28.6 Å². The Bertz CT molecular complexity index is 339. The Morgan fingerprint density at radius 2 is 1.38 bits per heavy atom. The van der Waals surface area contributed by atoms with Crippen LogP contribution in [0.1, 0.15) is 0 Å². The molecular formula is C10H12O6. The summed E-state index contributed by atoms with van der Waals surface area (Å²) in [5, 5.41) is 0. The summed E-state index contributed by atoms with van der Waals surface area (Å²) in [7, 11) is 3.51. The van der Waals surface area contributed by atoms with Crippen molar-refractivity contribution in [1.29, 1.82) is 0 Å². The van der Waals surface area contributed by atoms with Crippen LogP contribution in [0, 0.1) is 0 Å². The minimum Gasteiger partial charge on any atom is -0.466 e. The lowest BCUT2D eigenvalue weighted by Crippen LogP contribution is -2.07. The van der Waals surface area contributed by atoms with Gasteiger partial charge in [0.25, 0.3) is 0 Å². The zero-order chi connectivity index (χ0) is 12.6. The van der Waals surface area contributed by atoms with Gasteiger partial charge in [-0.05, 0) is 6.08 Å². The molecule has 6 heteroatoms. The molecule has 0 fully saturated rings. The van der Waals surface area contributed by atoms with Crippen molar-refractivity contribution in [2.24, 2.45) is 0 Å². The lowest BCUT2D eigenvalue weighted by atomic mass is 10.2. The summed E-state index contributed by atoms with van der Waals surface area (Å²) in [5.74, 6) is -2.14. The predicted octanol–water partition coefficient (Wildman–Crippen LogP) is -0.0120. The molecule has 88 valence electrons. The highest BCUT2D eigenvalue weighted by Gasteiger charge is 2.09. The molecule has 0 aromatic carbocycles. The molecule has 0 rings (SSSR count). The van der Waals surface area contributed by atoms with Gasteiger partial charge in [0.05, 0.1) is 26.9 Å². The van der Waals surface area contributed by atoms with E-state index in [1.165, 1.54) is 7.11 Å². The molecule has 0 amide bonds. The van der Waals surface area contributed by atoms with Gasteiger partial charge in [-0.25, -0.2) is 14.4 Å². The quantitative estimate of drug-likeness (QED) is 0.291. The molecule has 0 radical (unpaired) electrons. The second-order valence-electron chi connectivity index (χ2n) is 2.47. The molecule has 0 N–H and O–H groups in total. The molecule has 0 aromatic rings. The van der Waals surface area contributed by atoms with Crippen molar-refractivity contribution in [2.75, 3.05) is 21.3 Å². The van der Waals surface area contributed by atoms with Crippen LogP contribution in [0.4, 0.5) is 0 Å². The van der Waals surface area contributed by atoms with Gasteiger partial charge in [0, 0.05) is 12.2 Å². The van der Waals surface area contributed by atoms with E-state index in [1.54, 1.807) is 0 Å². The third-order valence-corrected chi connectivity index (χ3v) is 1.50. The number of hydrogen-bond acceptors (Lipinski definition) is 6. The minimum atomic E-state index is -0.759. The first-order valence-corrected chi connectivity index (χ1v) is 4.19. The Balaban J connectivity index is 4.89. The number of ether oxygens (including phenoxy) is 3. The number of carbonyl (C=O) groups is 3. The summed E-state index contributed by atoms with van der Waals surface area (Å²) in [4.78, 5) is 32.8. The lowest BCUT2D eigenvalue weighted by molar-refractivity contribution is -0.138. The summed E-state index contributed by atoms with van der Waals surface area (Å²) in [6, 6.07) is 0. The Morgan fingerprint density at radius 3 is 1.81 bits per heavy atom. The molecule has 0 heterocycles. The maximum absolute atomic E-state index is 11.2. The van der Waals surface area contributed by atoms with E-state index in [0.29, 0.717) is 0 Å². The first-order valence-electron chi connectivity index (χ1n) is 4.19. The first-order chi connectivity index (χ1) is 7.54. The smallest absolute Gasteiger partial charge is 0.338 e. The third kappa shape index (κ3) is 4.94. The summed E-state index contributed by atoms with van der Waals surface area (Å²) in [6.07, 6.45) is 3.01. The van der Waals surface area contributed by atoms with Crippen LogP contribution in [0.25, 0.3) is 0 Å². The van der Waals surface area contributed by atoms with Crippen LogP contribution in [0.15, 0.2) is 23.8 Å². The second-order valence-corrected chi connectivity index (χ2v) is 2.47. The van der Waals surface area contributed by atoms with Crippen LogP contribution in [-0.2, 0) is 28.6 Å². The van der Waals surface area contributed by atoms with E-state index in [4.69, 9.17) is 0 Å². The highest BCUT2D eigenvalue weighted by Crippen LogP contribution is 2.01. The number of methoxy groups -OCH3 is 3. The van der Waals surface area contributed by atoms with E-state index in [0.717, 1.165) is 32.4 Å². The van der Waals surface area contributed by atoms with Crippen molar-refractivity contribution in [2.45, 2.75) is 0 Å². The van der Waals surface area contributed by atoms with Crippen molar-refractivity contribution in [3.05, 3.63) is 23.8 Å². The maximum Gasteiger partial charge on any atom is 0.338 e. The zero-order valence-corrected chi connectivity index (χ0v) is 9.18. The second kappa shape index (κ2) is 7.22. The minimum absolute atomic E-state index is 0.111. The highest BCUT2D eigenvalue weighted by atomic mass is 16.5. The van der Waals surface area contributed by atoms with E-state index >= 15 is 0 Å². The van der Waals surface area contributed by atoms with Crippen LogP contribution in [-0.4, -0.2) is 39.2 Å².